The zero-order chi connectivity index (χ0) is 10.7. The summed E-state index contributed by atoms with van der Waals surface area (Å²) in [6.45, 7) is 1.05. The molecule has 15 heavy (non-hydrogen) atoms. The van der Waals surface area contributed by atoms with Crippen LogP contribution in [-0.4, -0.2) is 35.0 Å². The molecular weight excluding hydrogens is 258 g/mol. The number of hydrogen-bond donors (Lipinski definition) is 0. The first-order chi connectivity index (χ1) is 7.35. The van der Waals surface area contributed by atoms with Crippen LogP contribution in [0, 0.1) is 0 Å². The van der Waals surface area contributed by atoms with Crippen molar-refractivity contribution in [2.24, 2.45) is 0 Å². The number of halogens is 1. The largest absolute Gasteiger partial charge is 0.480 e. The lowest BCUT2D eigenvalue weighted by molar-refractivity contribution is 0.395. The first-order valence-corrected chi connectivity index (χ1v) is 6.16. The molecule has 0 spiro atoms. The van der Waals surface area contributed by atoms with Gasteiger partial charge in [0.25, 0.3) is 0 Å². The van der Waals surface area contributed by atoms with Gasteiger partial charge < -0.3 is 9.64 Å². The van der Waals surface area contributed by atoms with Crippen LogP contribution in [0.5, 0.6) is 5.88 Å². The fourth-order valence-electron chi connectivity index (χ4n) is 1.87. The van der Waals surface area contributed by atoms with Crippen LogP contribution in [0.15, 0.2) is 12.4 Å². The number of rotatable bonds is 3. The van der Waals surface area contributed by atoms with Gasteiger partial charge in [0.05, 0.1) is 19.5 Å². The smallest absolute Gasteiger partial charge is 0.233 e. The lowest BCUT2D eigenvalue weighted by Gasteiger charge is -2.23. The van der Waals surface area contributed by atoms with E-state index in [9.17, 15) is 0 Å². The average Bonchev–Trinajstić information content (AvgIpc) is 2.77. The van der Waals surface area contributed by atoms with Gasteiger partial charge in [-0.25, -0.2) is 0 Å². The summed E-state index contributed by atoms with van der Waals surface area (Å²) in [6, 6.07) is 0.534. The summed E-state index contributed by atoms with van der Waals surface area (Å²) >= 11 is 3.53. The summed E-state index contributed by atoms with van der Waals surface area (Å²) in [7, 11) is 1.61. The van der Waals surface area contributed by atoms with Crippen molar-refractivity contribution in [2.45, 2.75) is 18.9 Å². The molecule has 1 fully saturated rings. The molecule has 0 aromatic carbocycles. The maximum absolute atomic E-state index is 5.07. The first-order valence-electron chi connectivity index (χ1n) is 5.04. The van der Waals surface area contributed by atoms with Crippen molar-refractivity contribution in [1.82, 2.24) is 9.97 Å². The minimum atomic E-state index is 0.534. The van der Waals surface area contributed by atoms with E-state index in [1.165, 1.54) is 12.8 Å². The van der Waals surface area contributed by atoms with E-state index in [0.717, 1.165) is 17.7 Å². The maximum Gasteiger partial charge on any atom is 0.233 e. The highest BCUT2D eigenvalue weighted by molar-refractivity contribution is 9.09. The third kappa shape index (κ3) is 2.22. The third-order valence-electron chi connectivity index (χ3n) is 2.66. The van der Waals surface area contributed by atoms with Gasteiger partial charge in [-0.15, -0.1) is 0 Å². The SMILES string of the molecule is COc1cncc(N2CCCC2CBr)n1. The molecule has 1 aromatic heterocycles. The van der Waals surface area contributed by atoms with Crippen molar-refractivity contribution in [1.29, 1.82) is 0 Å². The summed E-state index contributed by atoms with van der Waals surface area (Å²) in [5.41, 5.74) is 0. The normalized spacial score (nSPS) is 20.7. The third-order valence-corrected chi connectivity index (χ3v) is 3.41. The van der Waals surface area contributed by atoms with Crippen molar-refractivity contribution in [3.63, 3.8) is 0 Å². The van der Waals surface area contributed by atoms with Gasteiger partial charge in [-0.05, 0) is 12.8 Å². The topological polar surface area (TPSA) is 38.2 Å². The van der Waals surface area contributed by atoms with Gasteiger partial charge in [-0.3, -0.25) is 4.98 Å². The Hall–Kier alpha value is -0.840. The van der Waals surface area contributed by atoms with Crippen LogP contribution >= 0.6 is 15.9 Å². The van der Waals surface area contributed by atoms with E-state index in [1.807, 2.05) is 0 Å². The van der Waals surface area contributed by atoms with Gasteiger partial charge in [-0.1, -0.05) is 15.9 Å². The van der Waals surface area contributed by atoms with Crippen LogP contribution in [0.3, 0.4) is 0 Å². The van der Waals surface area contributed by atoms with E-state index >= 15 is 0 Å². The first kappa shape index (κ1) is 10.7. The Balaban J connectivity index is 2.20. The van der Waals surface area contributed by atoms with Gasteiger partial charge in [0.2, 0.25) is 5.88 Å². The molecule has 2 rings (SSSR count). The van der Waals surface area contributed by atoms with E-state index in [0.29, 0.717) is 11.9 Å². The lowest BCUT2D eigenvalue weighted by Crippen LogP contribution is -2.31. The monoisotopic (exact) mass is 271 g/mol. The van der Waals surface area contributed by atoms with Gasteiger partial charge in [-0.2, -0.15) is 4.98 Å². The number of methoxy groups -OCH3 is 1. The Labute approximate surface area is 97.8 Å². The van der Waals surface area contributed by atoms with Crippen molar-refractivity contribution in [3.8, 4) is 5.88 Å². The molecule has 0 saturated carbocycles. The minimum absolute atomic E-state index is 0.534. The molecule has 2 heterocycles. The molecule has 1 atom stereocenters. The predicted molar refractivity (Wildman–Crippen MR) is 62.7 cm³/mol. The Kier molecular flexibility index (Phi) is 3.41. The van der Waals surface area contributed by atoms with Crippen LogP contribution in [0.25, 0.3) is 0 Å². The Morgan fingerprint density at radius 3 is 3.20 bits per heavy atom. The highest BCUT2D eigenvalue weighted by atomic mass is 79.9. The minimum Gasteiger partial charge on any atom is -0.480 e. The zero-order valence-corrected chi connectivity index (χ0v) is 10.3. The fraction of sp³-hybridized carbons (Fsp3) is 0.600. The van der Waals surface area contributed by atoms with E-state index in [2.05, 4.69) is 30.8 Å². The second-order valence-electron chi connectivity index (χ2n) is 3.56. The lowest BCUT2D eigenvalue weighted by atomic mass is 10.2. The van der Waals surface area contributed by atoms with Gasteiger partial charge in [0.15, 0.2) is 5.82 Å². The number of ether oxygens (including phenoxy) is 1. The van der Waals surface area contributed by atoms with E-state index in [4.69, 9.17) is 4.74 Å². The van der Waals surface area contributed by atoms with Crippen LogP contribution < -0.4 is 9.64 Å². The second-order valence-corrected chi connectivity index (χ2v) is 4.21. The number of anilines is 1. The molecule has 1 aromatic rings. The number of aromatic nitrogens is 2. The van der Waals surface area contributed by atoms with Crippen molar-refractivity contribution >= 4 is 21.7 Å². The summed E-state index contributed by atoms with van der Waals surface area (Å²) < 4.78 is 5.07. The summed E-state index contributed by atoms with van der Waals surface area (Å²) in [4.78, 5) is 10.8. The molecule has 5 heteroatoms. The molecule has 1 unspecified atom stereocenters. The van der Waals surface area contributed by atoms with E-state index in [-0.39, 0.29) is 0 Å². The molecule has 1 aliphatic heterocycles. The highest BCUT2D eigenvalue weighted by Gasteiger charge is 2.24. The second kappa shape index (κ2) is 4.79. The maximum atomic E-state index is 5.07. The number of hydrogen-bond acceptors (Lipinski definition) is 4. The molecule has 0 bridgehead atoms. The summed E-state index contributed by atoms with van der Waals surface area (Å²) in [5.74, 6) is 1.49. The predicted octanol–water partition coefficient (Wildman–Crippen LogP) is 1.85. The molecule has 82 valence electrons. The number of nitrogens with zero attached hydrogens (tertiary/aromatic N) is 3. The Bertz CT molecular complexity index is 334. The van der Waals surface area contributed by atoms with Crippen LogP contribution in [-0.2, 0) is 0 Å². The summed E-state index contributed by atoms with van der Waals surface area (Å²) in [5, 5.41) is 0.978. The fourth-order valence-corrected chi connectivity index (χ4v) is 2.55. The standard InChI is InChI=1S/C10H14BrN3O/c1-15-10-7-12-6-9(13-10)14-4-2-3-8(14)5-11/h6-8H,2-5H2,1H3. The molecule has 0 amide bonds. The van der Waals surface area contributed by atoms with E-state index < -0.39 is 0 Å². The molecule has 0 aliphatic carbocycles. The molecular formula is C10H14BrN3O. The Morgan fingerprint density at radius 1 is 1.60 bits per heavy atom. The van der Waals surface area contributed by atoms with Gasteiger partial charge >= 0.3 is 0 Å². The van der Waals surface area contributed by atoms with E-state index in [1.54, 1.807) is 19.5 Å². The van der Waals surface area contributed by atoms with Crippen molar-refractivity contribution < 1.29 is 4.74 Å². The Morgan fingerprint density at radius 2 is 2.47 bits per heavy atom. The van der Waals surface area contributed by atoms with Crippen LogP contribution in [0.2, 0.25) is 0 Å². The van der Waals surface area contributed by atoms with Crippen LogP contribution in [0.4, 0.5) is 5.82 Å². The summed E-state index contributed by atoms with van der Waals surface area (Å²) in [6.07, 6.45) is 5.85. The van der Waals surface area contributed by atoms with Gasteiger partial charge in [0, 0.05) is 17.9 Å². The van der Waals surface area contributed by atoms with Gasteiger partial charge in [0.1, 0.15) is 0 Å². The average molecular weight is 272 g/mol. The molecule has 1 saturated heterocycles. The van der Waals surface area contributed by atoms with Crippen LogP contribution in [0.1, 0.15) is 12.8 Å². The van der Waals surface area contributed by atoms with Crippen molar-refractivity contribution in [3.05, 3.63) is 12.4 Å². The van der Waals surface area contributed by atoms with Crippen molar-refractivity contribution in [2.75, 3.05) is 23.9 Å². The quantitative estimate of drug-likeness (QED) is 0.787. The molecule has 0 N–H and O–H groups in total. The molecule has 1 aliphatic rings. The highest BCUT2D eigenvalue weighted by Crippen LogP contribution is 2.25. The molecule has 0 radical (unpaired) electrons. The molecule has 4 nitrogen and oxygen atoms in total. The zero-order valence-electron chi connectivity index (χ0n) is 8.69. The number of alkyl halides is 1.